The van der Waals surface area contributed by atoms with Crippen molar-refractivity contribution >= 4 is 0 Å². The van der Waals surface area contributed by atoms with Gasteiger partial charge in [-0.1, -0.05) is 83.1 Å². The molecule has 1 aromatic carbocycles. The van der Waals surface area contributed by atoms with Gasteiger partial charge in [0.2, 0.25) is 0 Å². The first-order chi connectivity index (χ1) is 13.3. The Morgan fingerprint density at radius 3 is 1.96 bits per heavy atom. The molecule has 0 nitrogen and oxygen atoms in total. The number of aryl methyl sites for hydroxylation is 1. The zero-order valence-corrected chi connectivity index (χ0v) is 18.2. The topological polar surface area (TPSA) is 0 Å². The fourth-order valence-electron chi connectivity index (χ4n) is 5.63. The maximum absolute atomic E-state index is 2.46. The molecule has 0 heterocycles. The van der Waals surface area contributed by atoms with Crippen LogP contribution < -0.4 is 0 Å². The van der Waals surface area contributed by atoms with E-state index in [0.29, 0.717) is 0 Å². The molecule has 0 unspecified atom stereocenters. The molecular weight excluding hydrogens is 324 g/mol. The summed E-state index contributed by atoms with van der Waals surface area (Å²) in [5.74, 6) is 3.95. The number of unbranched alkanes of at least 4 members (excludes halogenated alkanes) is 3. The predicted molar refractivity (Wildman–Crippen MR) is 119 cm³/mol. The summed E-state index contributed by atoms with van der Waals surface area (Å²) < 4.78 is 0. The fourth-order valence-corrected chi connectivity index (χ4v) is 5.63. The molecule has 0 saturated heterocycles. The lowest BCUT2D eigenvalue weighted by Gasteiger charge is -2.35. The Balaban J connectivity index is 1.33. The van der Waals surface area contributed by atoms with Gasteiger partial charge in [-0.2, -0.15) is 0 Å². The zero-order valence-electron chi connectivity index (χ0n) is 18.2. The summed E-state index contributed by atoms with van der Waals surface area (Å²) in [6, 6.07) is 9.80. The van der Waals surface area contributed by atoms with Crippen molar-refractivity contribution in [2.45, 2.75) is 116 Å². The Bertz CT molecular complexity index is 499. The van der Waals surface area contributed by atoms with Gasteiger partial charge in [0, 0.05) is 0 Å². The van der Waals surface area contributed by atoms with E-state index in [2.05, 4.69) is 38.1 Å². The van der Waals surface area contributed by atoms with E-state index in [0.717, 1.165) is 23.7 Å². The van der Waals surface area contributed by atoms with E-state index in [1.54, 1.807) is 11.1 Å². The third-order valence-electron chi connectivity index (χ3n) is 7.65. The van der Waals surface area contributed by atoms with Gasteiger partial charge in [-0.3, -0.25) is 0 Å². The molecule has 0 spiro atoms. The molecule has 3 rings (SSSR count). The summed E-state index contributed by atoms with van der Waals surface area (Å²) in [7, 11) is 0. The molecule has 2 saturated carbocycles. The summed E-state index contributed by atoms with van der Waals surface area (Å²) in [6.07, 6.45) is 21.6. The average molecular weight is 369 g/mol. The van der Waals surface area contributed by atoms with Crippen molar-refractivity contribution in [2.75, 3.05) is 0 Å². The second kappa shape index (κ2) is 11.3. The van der Waals surface area contributed by atoms with E-state index < -0.39 is 0 Å². The Labute approximate surface area is 169 Å². The minimum atomic E-state index is 0.840. The zero-order chi connectivity index (χ0) is 18.9. The summed E-state index contributed by atoms with van der Waals surface area (Å²) >= 11 is 0. The molecule has 0 aromatic heterocycles. The van der Waals surface area contributed by atoms with E-state index in [4.69, 9.17) is 0 Å². The molecule has 0 bridgehead atoms. The largest absolute Gasteiger partial charge is 0.0654 e. The average Bonchev–Trinajstić information content (AvgIpc) is 2.68. The monoisotopic (exact) mass is 368 g/mol. The van der Waals surface area contributed by atoms with Crippen LogP contribution in [-0.4, -0.2) is 0 Å². The van der Waals surface area contributed by atoms with Crippen molar-refractivity contribution < 1.29 is 0 Å². The normalized spacial score (nSPS) is 28.1. The number of benzene rings is 1. The molecule has 2 aliphatic carbocycles. The highest BCUT2D eigenvalue weighted by atomic mass is 14.3. The van der Waals surface area contributed by atoms with Crippen LogP contribution in [0.3, 0.4) is 0 Å². The molecule has 0 aliphatic heterocycles. The summed E-state index contributed by atoms with van der Waals surface area (Å²) in [5.41, 5.74) is 3.19. The Hall–Kier alpha value is -0.780. The Morgan fingerprint density at radius 2 is 1.30 bits per heavy atom. The molecule has 152 valence electrons. The third-order valence-corrected chi connectivity index (χ3v) is 7.65. The molecule has 27 heavy (non-hydrogen) atoms. The summed E-state index contributed by atoms with van der Waals surface area (Å²) in [4.78, 5) is 0. The standard InChI is InChI=1S/C27H44/c1-3-5-7-9-22-12-16-26(17-13-22)27-18-14-23(15-19-27)10-11-25-20-24(21-25)8-6-4-2/h14-15,18-19,22,24-26H,3-13,16-17,20-21H2,1-2H3/t22-,24?,25?,26-. The van der Waals surface area contributed by atoms with Crippen LogP contribution in [0.1, 0.15) is 121 Å². The van der Waals surface area contributed by atoms with E-state index in [1.165, 1.54) is 96.3 Å². The molecule has 0 amide bonds. The van der Waals surface area contributed by atoms with Crippen LogP contribution in [-0.2, 0) is 6.42 Å². The van der Waals surface area contributed by atoms with Crippen molar-refractivity contribution in [1.82, 2.24) is 0 Å². The van der Waals surface area contributed by atoms with E-state index in [1.807, 2.05) is 0 Å². The molecule has 2 aliphatic rings. The SMILES string of the molecule is CCCCC[C@H]1CC[C@H](c2ccc(CCC3CC(CCCC)C3)cc2)CC1. The van der Waals surface area contributed by atoms with Crippen LogP contribution in [0.5, 0.6) is 0 Å². The molecule has 2 fully saturated rings. The smallest absolute Gasteiger partial charge is 0.0162 e. The minimum Gasteiger partial charge on any atom is -0.0654 e. The maximum Gasteiger partial charge on any atom is -0.0162 e. The van der Waals surface area contributed by atoms with Crippen molar-refractivity contribution in [2.24, 2.45) is 17.8 Å². The Kier molecular flexibility index (Phi) is 8.75. The molecule has 1 aromatic rings. The van der Waals surface area contributed by atoms with Crippen molar-refractivity contribution in [3.05, 3.63) is 35.4 Å². The third kappa shape index (κ3) is 6.65. The fraction of sp³-hybridized carbons (Fsp3) is 0.778. The molecule has 0 radical (unpaired) electrons. The second-order valence-corrected chi connectivity index (χ2v) is 9.84. The van der Waals surface area contributed by atoms with E-state index in [-0.39, 0.29) is 0 Å². The lowest BCUT2D eigenvalue weighted by molar-refractivity contribution is 0.168. The number of hydrogen-bond acceptors (Lipinski definition) is 0. The first-order valence-corrected chi connectivity index (χ1v) is 12.4. The van der Waals surface area contributed by atoms with Gasteiger partial charge in [-0.05, 0) is 86.2 Å². The summed E-state index contributed by atoms with van der Waals surface area (Å²) in [5, 5.41) is 0. The van der Waals surface area contributed by atoms with Gasteiger partial charge >= 0.3 is 0 Å². The first kappa shape index (κ1) is 20.9. The minimum absolute atomic E-state index is 0.840. The van der Waals surface area contributed by atoms with Crippen LogP contribution >= 0.6 is 0 Å². The van der Waals surface area contributed by atoms with Gasteiger partial charge in [0.05, 0.1) is 0 Å². The highest BCUT2D eigenvalue weighted by molar-refractivity contribution is 5.26. The van der Waals surface area contributed by atoms with Gasteiger partial charge in [0.15, 0.2) is 0 Å². The van der Waals surface area contributed by atoms with Crippen molar-refractivity contribution in [3.8, 4) is 0 Å². The van der Waals surface area contributed by atoms with Gasteiger partial charge in [-0.25, -0.2) is 0 Å². The first-order valence-electron chi connectivity index (χ1n) is 12.4. The summed E-state index contributed by atoms with van der Waals surface area (Å²) in [6.45, 7) is 4.64. The van der Waals surface area contributed by atoms with Gasteiger partial charge in [0.1, 0.15) is 0 Å². The lowest BCUT2D eigenvalue weighted by Crippen LogP contribution is -2.24. The quantitative estimate of drug-likeness (QED) is 0.343. The van der Waals surface area contributed by atoms with Gasteiger partial charge in [0.25, 0.3) is 0 Å². The predicted octanol–water partition coefficient (Wildman–Crippen LogP) is 8.69. The van der Waals surface area contributed by atoms with Crippen LogP contribution in [0.4, 0.5) is 0 Å². The second-order valence-electron chi connectivity index (χ2n) is 9.84. The molecule has 0 heteroatoms. The molecular formula is C27H44. The van der Waals surface area contributed by atoms with Crippen molar-refractivity contribution in [1.29, 1.82) is 0 Å². The maximum atomic E-state index is 2.46. The highest BCUT2D eigenvalue weighted by Gasteiger charge is 2.27. The van der Waals surface area contributed by atoms with Crippen molar-refractivity contribution in [3.63, 3.8) is 0 Å². The van der Waals surface area contributed by atoms with Crippen LogP contribution in [0.15, 0.2) is 24.3 Å². The van der Waals surface area contributed by atoms with Gasteiger partial charge < -0.3 is 0 Å². The highest BCUT2D eigenvalue weighted by Crippen LogP contribution is 2.40. The molecule has 0 N–H and O–H groups in total. The number of hydrogen-bond donors (Lipinski definition) is 0. The van der Waals surface area contributed by atoms with Gasteiger partial charge in [-0.15, -0.1) is 0 Å². The van der Waals surface area contributed by atoms with Crippen LogP contribution in [0, 0.1) is 17.8 Å². The van der Waals surface area contributed by atoms with E-state index in [9.17, 15) is 0 Å². The lowest BCUT2D eigenvalue weighted by atomic mass is 9.70. The van der Waals surface area contributed by atoms with Crippen LogP contribution in [0.25, 0.3) is 0 Å². The Morgan fingerprint density at radius 1 is 0.667 bits per heavy atom. The van der Waals surface area contributed by atoms with Crippen LogP contribution in [0.2, 0.25) is 0 Å². The molecule has 0 atom stereocenters. The number of rotatable bonds is 11. The van der Waals surface area contributed by atoms with E-state index >= 15 is 0 Å².